The number of nitrogens with one attached hydrogen (secondary N) is 1. The van der Waals surface area contributed by atoms with Crippen LogP contribution in [0.5, 0.6) is 0 Å². The Bertz CT molecular complexity index is 122. The standard InChI is InChI=1S/C5H13N2.BF4/c1-7(2)4-3-6-5-7;2-1(3,4)5/h6H,3-5H2,1-2H3;/q+1;-1. The molecule has 1 aliphatic heterocycles. The molecule has 0 bridgehead atoms. The molecule has 0 atom stereocenters. The Kier molecular flexibility index (Phi) is 3.99. The highest BCUT2D eigenvalue weighted by atomic mass is 19.5. The largest absolute Gasteiger partial charge is 0.673 e. The van der Waals surface area contributed by atoms with E-state index in [-0.39, 0.29) is 0 Å². The molecule has 0 saturated carbocycles. The Morgan fingerprint density at radius 1 is 1.17 bits per heavy atom. The lowest BCUT2D eigenvalue weighted by molar-refractivity contribution is -0.878. The average Bonchev–Trinajstić information content (AvgIpc) is 2.08. The lowest BCUT2D eigenvalue weighted by Gasteiger charge is -2.20. The minimum atomic E-state index is -6.00. The van der Waals surface area contributed by atoms with Gasteiger partial charge in [0, 0.05) is 6.54 Å². The summed E-state index contributed by atoms with van der Waals surface area (Å²) in [5.41, 5.74) is 0. The molecular formula is C5H13BF4N2. The van der Waals surface area contributed by atoms with Crippen LogP contribution in [0.3, 0.4) is 0 Å². The highest BCUT2D eigenvalue weighted by Crippen LogP contribution is 2.06. The van der Waals surface area contributed by atoms with E-state index in [1.807, 2.05) is 0 Å². The molecule has 0 unspecified atom stereocenters. The quantitative estimate of drug-likeness (QED) is 0.338. The molecule has 74 valence electrons. The highest BCUT2D eigenvalue weighted by molar-refractivity contribution is 6.50. The zero-order valence-corrected chi connectivity index (χ0v) is 7.16. The molecule has 2 nitrogen and oxygen atoms in total. The molecule has 0 aliphatic carbocycles. The number of hydrogen-bond donors (Lipinski definition) is 1. The van der Waals surface area contributed by atoms with E-state index in [1.54, 1.807) is 0 Å². The maximum atomic E-state index is 9.75. The predicted molar refractivity (Wildman–Crippen MR) is 40.0 cm³/mol. The van der Waals surface area contributed by atoms with Crippen LogP contribution >= 0.6 is 0 Å². The lowest BCUT2D eigenvalue weighted by Crippen LogP contribution is -2.37. The first kappa shape index (κ1) is 11.7. The molecule has 1 N–H and O–H groups in total. The van der Waals surface area contributed by atoms with Crippen molar-refractivity contribution in [1.82, 2.24) is 5.32 Å². The van der Waals surface area contributed by atoms with Crippen molar-refractivity contribution in [2.24, 2.45) is 0 Å². The van der Waals surface area contributed by atoms with Gasteiger partial charge < -0.3 is 21.7 Å². The van der Waals surface area contributed by atoms with Crippen molar-refractivity contribution < 1.29 is 21.7 Å². The maximum absolute atomic E-state index is 9.75. The summed E-state index contributed by atoms with van der Waals surface area (Å²) in [4.78, 5) is 0. The lowest BCUT2D eigenvalue weighted by atomic mass is 10.3. The van der Waals surface area contributed by atoms with Crippen molar-refractivity contribution in [3.8, 4) is 0 Å². The Morgan fingerprint density at radius 2 is 1.58 bits per heavy atom. The van der Waals surface area contributed by atoms with Crippen LogP contribution in [0.25, 0.3) is 0 Å². The summed E-state index contributed by atoms with van der Waals surface area (Å²) < 4.78 is 40.1. The van der Waals surface area contributed by atoms with Gasteiger partial charge in [0.1, 0.15) is 6.67 Å². The van der Waals surface area contributed by atoms with Crippen LogP contribution in [0.4, 0.5) is 17.3 Å². The van der Waals surface area contributed by atoms with E-state index in [0.717, 1.165) is 11.2 Å². The molecule has 1 fully saturated rings. The summed E-state index contributed by atoms with van der Waals surface area (Å²) in [6.45, 7) is 3.60. The fourth-order valence-electron chi connectivity index (χ4n) is 0.842. The van der Waals surface area contributed by atoms with Gasteiger partial charge in [-0.2, -0.15) is 0 Å². The first-order chi connectivity index (χ1) is 5.21. The summed E-state index contributed by atoms with van der Waals surface area (Å²) in [6.07, 6.45) is 0. The van der Waals surface area contributed by atoms with E-state index in [9.17, 15) is 17.3 Å². The minimum absolute atomic E-state index is 1.14. The molecule has 1 saturated heterocycles. The Balaban J connectivity index is 0.000000217. The monoisotopic (exact) mass is 188 g/mol. The van der Waals surface area contributed by atoms with Gasteiger partial charge in [-0.3, -0.25) is 5.32 Å². The van der Waals surface area contributed by atoms with Gasteiger partial charge >= 0.3 is 7.25 Å². The average molecular weight is 188 g/mol. The number of nitrogens with zero attached hydrogens (tertiary/aromatic N) is 1. The van der Waals surface area contributed by atoms with Crippen LogP contribution in [0.15, 0.2) is 0 Å². The molecule has 0 spiro atoms. The molecule has 12 heavy (non-hydrogen) atoms. The van der Waals surface area contributed by atoms with Crippen molar-refractivity contribution in [3.63, 3.8) is 0 Å². The van der Waals surface area contributed by atoms with Gasteiger partial charge in [0.2, 0.25) is 0 Å². The van der Waals surface area contributed by atoms with Gasteiger partial charge in [-0.05, 0) is 0 Å². The fraction of sp³-hybridized carbons (Fsp3) is 1.00. The van der Waals surface area contributed by atoms with Gasteiger partial charge in [0.05, 0.1) is 20.6 Å². The molecule has 1 rings (SSSR count). The number of rotatable bonds is 0. The van der Waals surface area contributed by atoms with Crippen molar-refractivity contribution in [2.75, 3.05) is 33.9 Å². The zero-order valence-electron chi connectivity index (χ0n) is 7.16. The summed E-state index contributed by atoms with van der Waals surface area (Å²) in [5.74, 6) is 0. The Morgan fingerprint density at radius 3 is 1.67 bits per heavy atom. The van der Waals surface area contributed by atoms with Crippen LogP contribution in [0.1, 0.15) is 0 Å². The van der Waals surface area contributed by atoms with Gasteiger partial charge in [-0.1, -0.05) is 0 Å². The third-order valence-corrected chi connectivity index (χ3v) is 1.43. The van der Waals surface area contributed by atoms with E-state index in [2.05, 4.69) is 19.4 Å². The molecule has 0 radical (unpaired) electrons. The molecule has 0 amide bonds. The van der Waals surface area contributed by atoms with Crippen LogP contribution in [-0.2, 0) is 0 Å². The summed E-state index contributed by atoms with van der Waals surface area (Å²) >= 11 is 0. The second-order valence-electron chi connectivity index (χ2n) is 3.31. The number of likely N-dealkylation sites (N-methyl/N-ethyl adjacent to an activating group) is 1. The van der Waals surface area contributed by atoms with Gasteiger partial charge in [0.25, 0.3) is 0 Å². The van der Waals surface area contributed by atoms with Crippen LogP contribution in [-0.4, -0.2) is 45.6 Å². The Hall–Kier alpha value is -0.295. The minimum Gasteiger partial charge on any atom is -0.418 e. The van der Waals surface area contributed by atoms with E-state index in [4.69, 9.17) is 0 Å². The smallest absolute Gasteiger partial charge is 0.418 e. The number of halogens is 4. The van der Waals surface area contributed by atoms with Crippen molar-refractivity contribution in [3.05, 3.63) is 0 Å². The maximum Gasteiger partial charge on any atom is 0.673 e. The van der Waals surface area contributed by atoms with Crippen LogP contribution < -0.4 is 5.32 Å². The number of hydrogen-bond acceptors (Lipinski definition) is 1. The van der Waals surface area contributed by atoms with Gasteiger partial charge in [-0.15, -0.1) is 0 Å². The second kappa shape index (κ2) is 4.09. The predicted octanol–water partition coefficient (Wildman–Crippen LogP) is 0.923. The summed E-state index contributed by atoms with van der Waals surface area (Å²) in [6, 6.07) is 0. The second-order valence-corrected chi connectivity index (χ2v) is 3.31. The van der Waals surface area contributed by atoms with Gasteiger partial charge in [-0.25, -0.2) is 0 Å². The summed E-state index contributed by atoms with van der Waals surface area (Å²) in [7, 11) is -1.53. The van der Waals surface area contributed by atoms with Gasteiger partial charge in [0.15, 0.2) is 0 Å². The molecule has 0 aromatic rings. The van der Waals surface area contributed by atoms with Crippen molar-refractivity contribution in [1.29, 1.82) is 0 Å². The highest BCUT2D eigenvalue weighted by Gasteiger charge is 2.20. The normalized spacial score (nSPS) is 21.5. The van der Waals surface area contributed by atoms with E-state index in [0.29, 0.717) is 0 Å². The fourth-order valence-corrected chi connectivity index (χ4v) is 0.842. The zero-order chi connectivity index (χ0) is 9.83. The molecule has 0 aromatic heterocycles. The summed E-state index contributed by atoms with van der Waals surface area (Å²) in [5, 5.41) is 3.28. The third-order valence-electron chi connectivity index (χ3n) is 1.43. The molecule has 0 aromatic carbocycles. The van der Waals surface area contributed by atoms with E-state index in [1.165, 1.54) is 13.1 Å². The Labute approximate surface area is 69.2 Å². The van der Waals surface area contributed by atoms with Crippen molar-refractivity contribution in [2.45, 2.75) is 0 Å². The van der Waals surface area contributed by atoms with Crippen LogP contribution in [0.2, 0.25) is 0 Å². The first-order valence-electron chi connectivity index (χ1n) is 3.61. The van der Waals surface area contributed by atoms with E-state index >= 15 is 0 Å². The van der Waals surface area contributed by atoms with Crippen LogP contribution in [0, 0.1) is 0 Å². The molecular weight excluding hydrogens is 175 g/mol. The first-order valence-corrected chi connectivity index (χ1v) is 3.61. The van der Waals surface area contributed by atoms with Crippen molar-refractivity contribution >= 4 is 7.25 Å². The molecule has 1 aliphatic rings. The number of quaternary nitrogens is 1. The third kappa shape index (κ3) is 9.70. The van der Waals surface area contributed by atoms with E-state index < -0.39 is 7.25 Å². The topological polar surface area (TPSA) is 12.0 Å². The molecule has 7 heteroatoms. The molecule has 1 heterocycles. The SMILES string of the molecule is C[N+]1(C)CCNC1.F[B-](F)(F)F.